The van der Waals surface area contributed by atoms with Crippen LogP contribution in [-0.2, 0) is 9.47 Å². The zero-order valence-corrected chi connectivity index (χ0v) is 19.1. The molecular formula is C26H50O2. The molecule has 2 heteroatoms. The van der Waals surface area contributed by atoms with Crippen molar-refractivity contribution in [1.29, 1.82) is 0 Å². The highest BCUT2D eigenvalue weighted by Crippen LogP contribution is 2.15. The normalized spacial score (nSPS) is 15.2. The summed E-state index contributed by atoms with van der Waals surface area (Å²) in [6.07, 6.45) is 32.5. The second kappa shape index (κ2) is 21.4. The van der Waals surface area contributed by atoms with E-state index in [9.17, 15) is 0 Å². The second-order valence-electron chi connectivity index (χ2n) is 8.67. The van der Waals surface area contributed by atoms with E-state index >= 15 is 0 Å². The van der Waals surface area contributed by atoms with Gasteiger partial charge in [-0.25, -0.2) is 0 Å². The van der Waals surface area contributed by atoms with Crippen LogP contribution in [0.4, 0.5) is 0 Å². The maximum absolute atomic E-state index is 5.47. The fraction of sp³-hybridized carbons (Fsp3) is 0.923. The van der Waals surface area contributed by atoms with E-state index in [1.165, 1.54) is 122 Å². The molecule has 0 aromatic rings. The smallest absolute Gasteiger partial charge is 0.157 e. The van der Waals surface area contributed by atoms with Gasteiger partial charge in [0, 0.05) is 0 Å². The summed E-state index contributed by atoms with van der Waals surface area (Å²) in [6.45, 7) is 3.87. The van der Waals surface area contributed by atoms with Crippen molar-refractivity contribution in [2.24, 2.45) is 0 Å². The van der Waals surface area contributed by atoms with E-state index in [0.29, 0.717) is 0 Å². The topological polar surface area (TPSA) is 18.5 Å². The van der Waals surface area contributed by atoms with E-state index in [1.807, 2.05) is 0 Å². The monoisotopic (exact) mass is 394 g/mol. The fourth-order valence-corrected chi connectivity index (χ4v) is 4.02. The van der Waals surface area contributed by atoms with Crippen molar-refractivity contribution in [2.75, 3.05) is 13.2 Å². The average molecular weight is 395 g/mol. The van der Waals surface area contributed by atoms with Crippen LogP contribution in [0, 0.1) is 0 Å². The Hall–Kier alpha value is -0.340. The summed E-state index contributed by atoms with van der Waals surface area (Å²) in [5, 5.41) is 0. The predicted octanol–water partition coefficient (Wildman–Crippen LogP) is 8.74. The fourth-order valence-electron chi connectivity index (χ4n) is 4.02. The van der Waals surface area contributed by atoms with Gasteiger partial charge in [-0.1, -0.05) is 109 Å². The summed E-state index contributed by atoms with van der Waals surface area (Å²) >= 11 is 0. The van der Waals surface area contributed by atoms with Crippen LogP contribution in [0.2, 0.25) is 0 Å². The van der Waals surface area contributed by atoms with Crippen molar-refractivity contribution in [3.63, 3.8) is 0 Å². The number of ether oxygens (including phenoxy) is 2. The molecule has 0 unspecified atom stereocenters. The van der Waals surface area contributed by atoms with Crippen LogP contribution in [0.1, 0.15) is 135 Å². The van der Waals surface area contributed by atoms with Crippen LogP contribution in [0.25, 0.3) is 0 Å². The standard InChI is InChI=1S/C26H50O2/c1-2-3-4-5-6-7-8-9-10-11-12-13-14-15-16-17-18-19-20-21-22-23-26-27-24-25-28-26/h12-13,26H,2-11,14-25H2,1H3/b13-12+. The Bertz CT molecular complexity index is 320. The summed E-state index contributed by atoms with van der Waals surface area (Å²) in [5.41, 5.74) is 0. The van der Waals surface area contributed by atoms with Crippen molar-refractivity contribution < 1.29 is 9.47 Å². The highest BCUT2D eigenvalue weighted by molar-refractivity contribution is 4.81. The Labute approximate surface area is 176 Å². The second-order valence-corrected chi connectivity index (χ2v) is 8.67. The van der Waals surface area contributed by atoms with Crippen molar-refractivity contribution in [2.45, 2.75) is 142 Å². The van der Waals surface area contributed by atoms with Gasteiger partial charge in [0.15, 0.2) is 6.29 Å². The molecule has 0 saturated carbocycles. The number of hydrogen-bond acceptors (Lipinski definition) is 2. The SMILES string of the molecule is CCCCCCCCCCC/C=C/CCCCCCCCCCC1OCCO1. The molecule has 0 radical (unpaired) electrons. The lowest BCUT2D eigenvalue weighted by Crippen LogP contribution is -2.06. The molecule has 0 aromatic heterocycles. The van der Waals surface area contributed by atoms with Crippen molar-refractivity contribution in [3.8, 4) is 0 Å². The van der Waals surface area contributed by atoms with Gasteiger partial charge in [-0.15, -0.1) is 0 Å². The lowest BCUT2D eigenvalue weighted by atomic mass is 10.1. The molecule has 0 atom stereocenters. The Morgan fingerprint density at radius 3 is 1.39 bits per heavy atom. The van der Waals surface area contributed by atoms with E-state index in [-0.39, 0.29) is 6.29 Å². The largest absolute Gasteiger partial charge is 0.350 e. The molecule has 1 aliphatic heterocycles. The van der Waals surface area contributed by atoms with E-state index in [4.69, 9.17) is 9.47 Å². The quantitative estimate of drug-likeness (QED) is 0.143. The number of hydrogen-bond donors (Lipinski definition) is 0. The van der Waals surface area contributed by atoms with Gasteiger partial charge in [-0.2, -0.15) is 0 Å². The molecular weight excluding hydrogens is 344 g/mol. The molecule has 1 heterocycles. The summed E-state index contributed by atoms with van der Waals surface area (Å²) in [6, 6.07) is 0. The van der Waals surface area contributed by atoms with Gasteiger partial charge in [0.25, 0.3) is 0 Å². The van der Waals surface area contributed by atoms with Crippen LogP contribution >= 0.6 is 0 Å². The van der Waals surface area contributed by atoms with Gasteiger partial charge in [-0.3, -0.25) is 0 Å². The first kappa shape index (κ1) is 25.7. The van der Waals surface area contributed by atoms with Gasteiger partial charge >= 0.3 is 0 Å². The molecule has 1 fully saturated rings. The zero-order valence-electron chi connectivity index (χ0n) is 19.1. The Morgan fingerprint density at radius 2 is 0.929 bits per heavy atom. The highest BCUT2D eigenvalue weighted by atomic mass is 16.7. The van der Waals surface area contributed by atoms with Crippen LogP contribution in [0.5, 0.6) is 0 Å². The molecule has 0 amide bonds. The van der Waals surface area contributed by atoms with Gasteiger partial charge in [0.2, 0.25) is 0 Å². The minimum Gasteiger partial charge on any atom is -0.350 e. The van der Waals surface area contributed by atoms with Crippen LogP contribution in [0.3, 0.4) is 0 Å². The predicted molar refractivity (Wildman–Crippen MR) is 123 cm³/mol. The van der Waals surface area contributed by atoms with Crippen LogP contribution < -0.4 is 0 Å². The average Bonchev–Trinajstić information content (AvgIpc) is 3.22. The van der Waals surface area contributed by atoms with Gasteiger partial charge < -0.3 is 9.47 Å². The molecule has 166 valence electrons. The molecule has 0 aliphatic carbocycles. The van der Waals surface area contributed by atoms with Crippen molar-refractivity contribution in [3.05, 3.63) is 12.2 Å². The Morgan fingerprint density at radius 1 is 0.536 bits per heavy atom. The first-order chi connectivity index (χ1) is 13.9. The molecule has 0 aromatic carbocycles. The van der Waals surface area contributed by atoms with E-state index in [1.54, 1.807) is 0 Å². The molecule has 1 saturated heterocycles. The zero-order chi connectivity index (χ0) is 20.0. The Kier molecular flexibility index (Phi) is 19.6. The molecule has 28 heavy (non-hydrogen) atoms. The summed E-state index contributed by atoms with van der Waals surface area (Å²) < 4.78 is 10.9. The lowest BCUT2D eigenvalue weighted by molar-refractivity contribution is -0.0480. The third kappa shape index (κ3) is 17.7. The minimum atomic E-state index is 0.105. The third-order valence-corrected chi connectivity index (χ3v) is 5.89. The Balaban J connectivity index is 1.66. The van der Waals surface area contributed by atoms with Crippen LogP contribution in [-0.4, -0.2) is 19.5 Å². The summed E-state index contributed by atoms with van der Waals surface area (Å²) in [4.78, 5) is 0. The first-order valence-electron chi connectivity index (χ1n) is 12.8. The molecule has 2 nitrogen and oxygen atoms in total. The number of rotatable bonds is 21. The molecule has 1 rings (SSSR count). The maximum atomic E-state index is 5.47. The summed E-state index contributed by atoms with van der Waals surface area (Å²) in [5.74, 6) is 0. The number of allylic oxidation sites excluding steroid dienone is 2. The van der Waals surface area contributed by atoms with Gasteiger partial charge in [-0.05, 0) is 38.5 Å². The first-order valence-corrected chi connectivity index (χ1v) is 12.8. The van der Waals surface area contributed by atoms with Crippen molar-refractivity contribution in [1.82, 2.24) is 0 Å². The van der Waals surface area contributed by atoms with E-state index in [2.05, 4.69) is 19.1 Å². The lowest BCUT2D eigenvalue weighted by Gasteiger charge is -2.08. The summed E-state index contributed by atoms with van der Waals surface area (Å²) in [7, 11) is 0. The molecule has 0 spiro atoms. The number of unbranched alkanes of at least 4 members (excludes halogenated alkanes) is 17. The molecule has 0 bridgehead atoms. The molecule has 1 aliphatic rings. The van der Waals surface area contributed by atoms with Crippen LogP contribution in [0.15, 0.2) is 12.2 Å². The van der Waals surface area contributed by atoms with Gasteiger partial charge in [0.05, 0.1) is 13.2 Å². The highest BCUT2D eigenvalue weighted by Gasteiger charge is 2.14. The van der Waals surface area contributed by atoms with Crippen molar-refractivity contribution >= 4 is 0 Å². The molecule has 0 N–H and O–H groups in total. The van der Waals surface area contributed by atoms with Gasteiger partial charge in [0.1, 0.15) is 0 Å². The van der Waals surface area contributed by atoms with E-state index in [0.717, 1.165) is 19.6 Å². The minimum absolute atomic E-state index is 0.105. The van der Waals surface area contributed by atoms with E-state index < -0.39 is 0 Å². The third-order valence-electron chi connectivity index (χ3n) is 5.89. The maximum Gasteiger partial charge on any atom is 0.157 e.